The third kappa shape index (κ3) is 6.91. The van der Waals surface area contributed by atoms with Crippen molar-refractivity contribution in [3.63, 3.8) is 0 Å². The van der Waals surface area contributed by atoms with E-state index in [1.165, 1.54) is 38.5 Å². The van der Waals surface area contributed by atoms with Crippen LogP contribution in [0, 0.1) is 5.92 Å². The van der Waals surface area contributed by atoms with E-state index in [2.05, 4.69) is 20.1 Å². The average Bonchev–Trinajstić information content (AvgIpc) is 3.17. The lowest BCUT2D eigenvalue weighted by molar-refractivity contribution is -0.155. The standard InChI is InChI=1S/C22H32N4O3/c1-22(2,3)28-18(27)15-17(12-7-11-16-9-5-4-6-10-16)21-25-20(26-29-21)19-23-13-8-14-24-19/h8,13-14,16-17H,4-7,9-12,15H2,1-3H3. The Kier molecular flexibility index (Phi) is 7.34. The highest BCUT2D eigenvalue weighted by Gasteiger charge is 2.26. The van der Waals surface area contributed by atoms with Gasteiger partial charge in [0.05, 0.1) is 6.42 Å². The molecule has 0 bridgehead atoms. The van der Waals surface area contributed by atoms with Crippen LogP contribution in [-0.4, -0.2) is 31.7 Å². The third-order valence-electron chi connectivity index (χ3n) is 5.28. The normalized spacial score (nSPS) is 16.5. The number of carbonyl (C=O) groups is 1. The van der Waals surface area contributed by atoms with Crippen molar-refractivity contribution in [3.05, 3.63) is 24.4 Å². The minimum Gasteiger partial charge on any atom is -0.460 e. The summed E-state index contributed by atoms with van der Waals surface area (Å²) in [6.07, 6.45) is 13.3. The van der Waals surface area contributed by atoms with Crippen molar-refractivity contribution in [3.8, 4) is 11.6 Å². The van der Waals surface area contributed by atoms with E-state index >= 15 is 0 Å². The Morgan fingerprint density at radius 2 is 1.90 bits per heavy atom. The Hall–Kier alpha value is -2.31. The van der Waals surface area contributed by atoms with Crippen LogP contribution in [0.3, 0.4) is 0 Å². The van der Waals surface area contributed by atoms with E-state index < -0.39 is 5.60 Å². The zero-order valence-corrected chi connectivity index (χ0v) is 17.8. The minimum atomic E-state index is -0.512. The van der Waals surface area contributed by atoms with Crippen LogP contribution in [-0.2, 0) is 9.53 Å². The zero-order valence-electron chi connectivity index (χ0n) is 17.8. The van der Waals surface area contributed by atoms with Gasteiger partial charge in [-0.05, 0) is 39.2 Å². The van der Waals surface area contributed by atoms with Crippen molar-refractivity contribution >= 4 is 5.97 Å². The smallest absolute Gasteiger partial charge is 0.307 e. The first-order chi connectivity index (χ1) is 13.9. The van der Waals surface area contributed by atoms with Crippen LogP contribution in [0.4, 0.5) is 0 Å². The highest BCUT2D eigenvalue weighted by Crippen LogP contribution is 2.32. The van der Waals surface area contributed by atoms with E-state index in [0.717, 1.165) is 18.8 Å². The number of rotatable bonds is 8. The quantitative estimate of drug-likeness (QED) is 0.570. The molecule has 0 aromatic carbocycles. The summed E-state index contributed by atoms with van der Waals surface area (Å²) in [6.45, 7) is 5.63. The molecule has 2 aromatic rings. The van der Waals surface area contributed by atoms with Crippen LogP contribution >= 0.6 is 0 Å². The lowest BCUT2D eigenvalue weighted by atomic mass is 9.84. The van der Waals surface area contributed by atoms with Gasteiger partial charge in [-0.15, -0.1) is 0 Å². The van der Waals surface area contributed by atoms with Gasteiger partial charge in [0.1, 0.15) is 5.60 Å². The maximum atomic E-state index is 12.4. The Balaban J connectivity index is 1.66. The molecule has 2 aromatic heterocycles. The Morgan fingerprint density at radius 3 is 2.59 bits per heavy atom. The van der Waals surface area contributed by atoms with Crippen molar-refractivity contribution in [1.82, 2.24) is 20.1 Å². The summed E-state index contributed by atoms with van der Waals surface area (Å²) >= 11 is 0. The molecule has 0 radical (unpaired) electrons. The van der Waals surface area contributed by atoms with Crippen LogP contribution in [0.2, 0.25) is 0 Å². The van der Waals surface area contributed by atoms with Crippen LogP contribution < -0.4 is 0 Å². The van der Waals surface area contributed by atoms with Crippen molar-refractivity contribution in [2.45, 2.75) is 90.1 Å². The molecule has 0 spiro atoms. The van der Waals surface area contributed by atoms with Crippen LogP contribution in [0.25, 0.3) is 11.6 Å². The molecule has 158 valence electrons. The van der Waals surface area contributed by atoms with Gasteiger partial charge in [-0.25, -0.2) is 9.97 Å². The Labute approximate surface area is 172 Å². The summed E-state index contributed by atoms with van der Waals surface area (Å²) in [7, 11) is 0. The van der Waals surface area contributed by atoms with Gasteiger partial charge >= 0.3 is 5.97 Å². The molecular weight excluding hydrogens is 368 g/mol. The molecule has 1 fully saturated rings. The number of nitrogens with zero attached hydrogens (tertiary/aromatic N) is 4. The molecule has 1 atom stereocenters. The maximum Gasteiger partial charge on any atom is 0.307 e. The average molecular weight is 401 g/mol. The molecule has 0 aliphatic heterocycles. The summed E-state index contributed by atoms with van der Waals surface area (Å²) < 4.78 is 11.0. The highest BCUT2D eigenvalue weighted by atomic mass is 16.6. The van der Waals surface area contributed by atoms with E-state index in [0.29, 0.717) is 17.5 Å². The van der Waals surface area contributed by atoms with E-state index in [1.807, 2.05) is 20.8 Å². The molecular formula is C22H32N4O3. The van der Waals surface area contributed by atoms with Crippen molar-refractivity contribution in [1.29, 1.82) is 0 Å². The van der Waals surface area contributed by atoms with Gasteiger partial charge in [0, 0.05) is 18.3 Å². The first-order valence-corrected chi connectivity index (χ1v) is 10.7. The molecule has 1 aliphatic rings. The molecule has 7 heteroatoms. The number of ether oxygens (including phenoxy) is 1. The minimum absolute atomic E-state index is 0.154. The molecule has 0 amide bonds. The van der Waals surface area contributed by atoms with Crippen molar-refractivity contribution < 1.29 is 14.1 Å². The van der Waals surface area contributed by atoms with Gasteiger partial charge in [0.2, 0.25) is 17.5 Å². The van der Waals surface area contributed by atoms with Crippen LogP contribution in [0.5, 0.6) is 0 Å². The second-order valence-electron chi connectivity index (χ2n) is 8.95. The van der Waals surface area contributed by atoms with Crippen molar-refractivity contribution in [2.75, 3.05) is 0 Å². The SMILES string of the molecule is CC(C)(C)OC(=O)CC(CCCC1CCCCC1)c1nc(-c2ncccn2)no1. The lowest BCUT2D eigenvalue weighted by Crippen LogP contribution is -2.25. The third-order valence-corrected chi connectivity index (χ3v) is 5.28. The highest BCUT2D eigenvalue weighted by molar-refractivity contribution is 5.70. The summed E-state index contributed by atoms with van der Waals surface area (Å²) in [5.41, 5.74) is -0.512. The van der Waals surface area contributed by atoms with E-state index in [9.17, 15) is 4.79 Å². The summed E-state index contributed by atoms with van der Waals surface area (Å²) in [6, 6.07) is 1.74. The molecule has 0 N–H and O–H groups in total. The maximum absolute atomic E-state index is 12.4. The van der Waals surface area contributed by atoms with Gasteiger partial charge in [-0.1, -0.05) is 50.1 Å². The van der Waals surface area contributed by atoms with Crippen LogP contribution in [0.1, 0.15) is 90.4 Å². The summed E-state index contributed by atoms with van der Waals surface area (Å²) in [5.74, 6) is 1.64. The first kappa shape index (κ1) is 21.4. The van der Waals surface area contributed by atoms with Gasteiger partial charge in [-0.3, -0.25) is 4.79 Å². The fourth-order valence-electron chi connectivity index (χ4n) is 3.93. The van der Waals surface area contributed by atoms with Crippen LogP contribution in [0.15, 0.2) is 23.0 Å². The topological polar surface area (TPSA) is 91.0 Å². The molecule has 1 unspecified atom stereocenters. The van der Waals surface area contributed by atoms with Gasteiger partial charge in [-0.2, -0.15) is 4.98 Å². The molecule has 2 heterocycles. The van der Waals surface area contributed by atoms with E-state index in [-0.39, 0.29) is 18.3 Å². The number of hydrogen-bond acceptors (Lipinski definition) is 7. The summed E-state index contributed by atoms with van der Waals surface area (Å²) in [5, 5.41) is 4.02. The second kappa shape index (κ2) is 9.94. The Bertz CT molecular complexity index is 764. The summed E-state index contributed by atoms with van der Waals surface area (Å²) in [4.78, 5) is 25.3. The molecule has 0 saturated heterocycles. The molecule has 7 nitrogen and oxygen atoms in total. The van der Waals surface area contributed by atoms with Crippen molar-refractivity contribution in [2.24, 2.45) is 5.92 Å². The second-order valence-corrected chi connectivity index (χ2v) is 8.95. The van der Waals surface area contributed by atoms with E-state index in [1.54, 1.807) is 18.5 Å². The number of esters is 1. The predicted molar refractivity (Wildman–Crippen MR) is 109 cm³/mol. The lowest BCUT2D eigenvalue weighted by Gasteiger charge is -2.23. The largest absolute Gasteiger partial charge is 0.460 e. The van der Waals surface area contributed by atoms with Gasteiger partial charge < -0.3 is 9.26 Å². The molecule has 3 rings (SSSR count). The van der Waals surface area contributed by atoms with Gasteiger partial charge in [0.15, 0.2) is 0 Å². The zero-order chi connectivity index (χ0) is 20.7. The number of hydrogen-bond donors (Lipinski definition) is 0. The molecule has 1 aliphatic carbocycles. The number of carbonyl (C=O) groups excluding carboxylic acids is 1. The predicted octanol–water partition coefficient (Wildman–Crippen LogP) is 5.09. The molecule has 29 heavy (non-hydrogen) atoms. The van der Waals surface area contributed by atoms with Gasteiger partial charge in [0.25, 0.3) is 0 Å². The first-order valence-electron chi connectivity index (χ1n) is 10.7. The fraction of sp³-hybridized carbons (Fsp3) is 0.682. The molecule has 1 saturated carbocycles. The Morgan fingerprint density at radius 1 is 1.17 bits per heavy atom. The van der Waals surface area contributed by atoms with E-state index in [4.69, 9.17) is 9.26 Å². The fourth-order valence-corrected chi connectivity index (χ4v) is 3.93. The number of aromatic nitrogens is 4. The monoisotopic (exact) mass is 400 g/mol.